The van der Waals surface area contributed by atoms with Crippen LogP contribution in [0.3, 0.4) is 0 Å². The van der Waals surface area contributed by atoms with Crippen molar-refractivity contribution in [1.82, 2.24) is 0 Å². The van der Waals surface area contributed by atoms with E-state index in [1.807, 2.05) is 0 Å². The van der Waals surface area contributed by atoms with E-state index in [0.717, 1.165) is 6.16 Å². The van der Waals surface area contributed by atoms with Crippen molar-refractivity contribution in [3.63, 3.8) is 0 Å². The van der Waals surface area contributed by atoms with Gasteiger partial charge < -0.3 is 0 Å². The van der Waals surface area contributed by atoms with E-state index in [1.54, 1.807) is 0 Å². The molecule has 0 N–H and O–H groups in total. The number of hydrogen-bond acceptors (Lipinski definition) is 0. The van der Waals surface area contributed by atoms with Crippen molar-refractivity contribution in [3.8, 4) is 0 Å². The first kappa shape index (κ1) is 33.9. The van der Waals surface area contributed by atoms with Crippen LogP contribution in [-0.2, 0) is 0 Å². The third-order valence-electron chi connectivity index (χ3n) is 9.07. The van der Waals surface area contributed by atoms with Crippen molar-refractivity contribution >= 4 is 33.1 Å². The van der Waals surface area contributed by atoms with E-state index in [4.69, 9.17) is 11.2 Å². The molecule has 0 fully saturated rings. The van der Waals surface area contributed by atoms with Crippen molar-refractivity contribution < 1.29 is 0 Å². The SMILES string of the molecule is CCCCCCCCCCCCCCCCCCCCCP(Cl)(c1ccccc1)(c1ccccc1)c1ccccc1. The van der Waals surface area contributed by atoms with E-state index >= 15 is 0 Å². The molecule has 0 unspecified atom stereocenters. The third kappa shape index (κ3) is 10.6. The van der Waals surface area contributed by atoms with Crippen molar-refractivity contribution in [2.45, 2.75) is 129 Å². The number of rotatable bonds is 23. The predicted octanol–water partition coefficient (Wildman–Crippen LogP) is 12.1. The molecule has 226 valence electrons. The van der Waals surface area contributed by atoms with Crippen LogP contribution in [0, 0.1) is 0 Å². The Morgan fingerprint density at radius 2 is 0.610 bits per heavy atom. The molecule has 0 bridgehead atoms. The summed E-state index contributed by atoms with van der Waals surface area (Å²) in [4.78, 5) is 0. The molecule has 3 aromatic rings. The fourth-order valence-corrected chi connectivity index (χ4v) is 12.8. The zero-order valence-electron chi connectivity index (χ0n) is 26.1. The Balaban J connectivity index is 1.36. The second kappa shape index (κ2) is 19.5. The molecule has 0 heterocycles. The molecular weight excluding hydrogens is 535 g/mol. The molecule has 0 aromatic heterocycles. The minimum absolute atomic E-state index is 1.02. The zero-order valence-corrected chi connectivity index (χ0v) is 27.8. The Labute approximate surface area is 258 Å². The standard InChI is InChI=1S/C39H58ClP/c1-2-3-4-5-6-7-8-9-10-11-12-13-14-15-16-17-18-19-29-36-41(40,37-30-23-20-24-31-37,38-32-25-21-26-33-38)39-34-27-22-28-35-39/h20-28,30-35H,2-19,29,36H2,1H3. The Hall–Kier alpha value is -1.62. The summed E-state index contributed by atoms with van der Waals surface area (Å²) in [5.74, 6) is -3.08. The van der Waals surface area contributed by atoms with E-state index in [9.17, 15) is 0 Å². The number of hydrogen-bond donors (Lipinski definition) is 0. The summed E-state index contributed by atoms with van der Waals surface area (Å²) in [6.07, 6.45) is 27.6. The monoisotopic (exact) mass is 592 g/mol. The van der Waals surface area contributed by atoms with Gasteiger partial charge in [0.2, 0.25) is 0 Å². The predicted molar refractivity (Wildman–Crippen MR) is 189 cm³/mol. The van der Waals surface area contributed by atoms with Gasteiger partial charge in [-0.25, -0.2) is 0 Å². The van der Waals surface area contributed by atoms with E-state index in [-0.39, 0.29) is 0 Å². The second-order valence-electron chi connectivity index (χ2n) is 12.3. The van der Waals surface area contributed by atoms with E-state index in [1.165, 1.54) is 138 Å². The van der Waals surface area contributed by atoms with Gasteiger partial charge in [0.25, 0.3) is 0 Å². The van der Waals surface area contributed by atoms with Crippen LogP contribution in [0.5, 0.6) is 0 Å². The Morgan fingerprint density at radius 3 is 0.878 bits per heavy atom. The van der Waals surface area contributed by atoms with Crippen LogP contribution in [0.15, 0.2) is 91.0 Å². The maximum absolute atomic E-state index is 8.19. The quantitative estimate of drug-likeness (QED) is 0.0758. The summed E-state index contributed by atoms with van der Waals surface area (Å²) in [7, 11) is 0. The van der Waals surface area contributed by atoms with Gasteiger partial charge in [-0.15, -0.1) is 0 Å². The molecule has 3 rings (SSSR count). The first-order chi connectivity index (χ1) is 20.2. The molecular formula is C39H58ClP. The first-order valence-electron chi connectivity index (χ1n) is 17.1. The van der Waals surface area contributed by atoms with Crippen LogP contribution in [0.25, 0.3) is 0 Å². The van der Waals surface area contributed by atoms with Crippen molar-refractivity contribution in [2.24, 2.45) is 0 Å². The maximum atomic E-state index is 8.19. The molecule has 41 heavy (non-hydrogen) atoms. The molecule has 0 saturated heterocycles. The molecule has 3 aromatic carbocycles. The zero-order chi connectivity index (χ0) is 28.9. The summed E-state index contributed by atoms with van der Waals surface area (Å²) in [5, 5.41) is 3.87. The van der Waals surface area contributed by atoms with Gasteiger partial charge in [0.05, 0.1) is 0 Å². The van der Waals surface area contributed by atoms with Gasteiger partial charge in [0.15, 0.2) is 0 Å². The topological polar surface area (TPSA) is 0 Å². The van der Waals surface area contributed by atoms with Gasteiger partial charge >= 0.3 is 201 Å². The van der Waals surface area contributed by atoms with Crippen LogP contribution in [0.1, 0.15) is 129 Å². The summed E-state index contributed by atoms with van der Waals surface area (Å²) in [5.41, 5.74) is 0. The molecule has 0 nitrogen and oxygen atoms in total. The Kier molecular flexibility index (Phi) is 16.2. The summed E-state index contributed by atoms with van der Waals surface area (Å²) < 4.78 is 0. The van der Waals surface area contributed by atoms with E-state index in [2.05, 4.69) is 97.9 Å². The summed E-state index contributed by atoms with van der Waals surface area (Å²) in [6, 6.07) is 32.8. The Bertz CT molecular complexity index is 934. The molecule has 0 amide bonds. The molecule has 2 heteroatoms. The van der Waals surface area contributed by atoms with Gasteiger partial charge in [-0.2, -0.15) is 0 Å². The number of benzene rings is 3. The fraction of sp³-hybridized carbons (Fsp3) is 0.538. The molecule has 0 atom stereocenters. The van der Waals surface area contributed by atoms with E-state index in [0.29, 0.717) is 0 Å². The molecule has 0 spiro atoms. The van der Waals surface area contributed by atoms with Gasteiger partial charge in [-0.3, -0.25) is 0 Å². The van der Waals surface area contributed by atoms with Gasteiger partial charge in [-0.05, 0) is 0 Å². The van der Waals surface area contributed by atoms with Crippen LogP contribution in [-0.4, -0.2) is 6.16 Å². The van der Waals surface area contributed by atoms with Crippen molar-refractivity contribution in [1.29, 1.82) is 0 Å². The average Bonchev–Trinajstić information content (AvgIpc) is 3.03. The van der Waals surface area contributed by atoms with Crippen LogP contribution < -0.4 is 15.9 Å². The second-order valence-corrected chi connectivity index (χ2v) is 18.9. The summed E-state index contributed by atoms with van der Waals surface area (Å²) in [6.45, 7) is 2.30. The van der Waals surface area contributed by atoms with E-state index < -0.39 is 5.96 Å². The first-order valence-corrected chi connectivity index (χ1v) is 20.4. The van der Waals surface area contributed by atoms with Crippen LogP contribution in [0.2, 0.25) is 0 Å². The number of unbranched alkanes of at least 4 members (excludes halogenated alkanes) is 18. The van der Waals surface area contributed by atoms with Crippen LogP contribution in [0.4, 0.5) is 0 Å². The molecule has 0 aliphatic heterocycles. The Morgan fingerprint density at radius 1 is 0.366 bits per heavy atom. The average molecular weight is 593 g/mol. The van der Waals surface area contributed by atoms with Gasteiger partial charge in [-0.1, -0.05) is 58.3 Å². The molecule has 0 radical (unpaired) electrons. The van der Waals surface area contributed by atoms with Crippen molar-refractivity contribution in [3.05, 3.63) is 91.0 Å². The molecule has 0 aliphatic carbocycles. The third-order valence-corrected chi connectivity index (χ3v) is 16.6. The van der Waals surface area contributed by atoms with Gasteiger partial charge in [0, 0.05) is 0 Å². The minimum atomic E-state index is -3.08. The van der Waals surface area contributed by atoms with Gasteiger partial charge in [0.1, 0.15) is 0 Å². The van der Waals surface area contributed by atoms with Crippen LogP contribution >= 0.6 is 17.2 Å². The molecule has 0 aliphatic rings. The fourth-order valence-electron chi connectivity index (χ4n) is 6.54. The van der Waals surface area contributed by atoms with Crippen molar-refractivity contribution in [2.75, 3.05) is 6.16 Å². The number of halogens is 1. The molecule has 0 saturated carbocycles. The summed E-state index contributed by atoms with van der Waals surface area (Å²) >= 11 is 8.19. The normalized spacial score (nSPS) is 12.7.